The monoisotopic (exact) mass is 282 g/mol. The van der Waals surface area contributed by atoms with E-state index >= 15 is 0 Å². The maximum Gasteiger partial charge on any atom is 0.238 e. The minimum absolute atomic E-state index is 0.0682. The summed E-state index contributed by atoms with van der Waals surface area (Å²) in [6.07, 6.45) is 0. The predicted octanol–water partition coefficient (Wildman–Crippen LogP) is 1.03. The normalized spacial score (nSPS) is 11.5. The first-order chi connectivity index (χ1) is 8.99. The summed E-state index contributed by atoms with van der Waals surface area (Å²) in [5, 5.41) is 16.9. The van der Waals surface area contributed by atoms with Crippen molar-refractivity contribution in [3.05, 3.63) is 47.9 Å². The van der Waals surface area contributed by atoms with E-state index in [1.807, 2.05) is 0 Å². The molecule has 0 atom stereocenters. The topological polar surface area (TPSA) is 106 Å². The molecule has 0 aliphatic heterocycles. The van der Waals surface area contributed by atoms with Crippen molar-refractivity contribution >= 4 is 15.7 Å². The van der Waals surface area contributed by atoms with Crippen molar-refractivity contribution in [2.75, 3.05) is 5.32 Å². The van der Waals surface area contributed by atoms with Gasteiger partial charge in [-0.05, 0) is 36.4 Å². The van der Waals surface area contributed by atoms with Crippen molar-refractivity contribution < 1.29 is 17.9 Å². The second-order valence-corrected chi connectivity index (χ2v) is 5.51. The number of nitrogens with one attached hydrogen (secondary N) is 1. The third-order valence-corrected chi connectivity index (χ3v) is 3.45. The van der Waals surface area contributed by atoms with Crippen LogP contribution >= 0.6 is 0 Å². The highest BCUT2D eigenvalue weighted by molar-refractivity contribution is 7.89. The zero-order valence-corrected chi connectivity index (χ0v) is 10.9. The zero-order chi connectivity index (χ0) is 13.9. The third kappa shape index (κ3) is 3.57. The molecule has 0 radical (unpaired) electrons. The van der Waals surface area contributed by atoms with Gasteiger partial charge in [-0.1, -0.05) is 0 Å². The van der Waals surface area contributed by atoms with Crippen molar-refractivity contribution in [3.8, 4) is 0 Å². The number of aliphatic hydroxyl groups is 1. The summed E-state index contributed by atoms with van der Waals surface area (Å²) in [4.78, 5) is 0.0682. The maximum absolute atomic E-state index is 11.1. The number of aliphatic hydroxyl groups excluding tert-OH is 1. The van der Waals surface area contributed by atoms with Gasteiger partial charge < -0.3 is 14.8 Å². The summed E-state index contributed by atoms with van der Waals surface area (Å²) in [6.45, 7) is 0.303. The molecule has 7 heteroatoms. The van der Waals surface area contributed by atoms with Gasteiger partial charge in [-0.3, -0.25) is 0 Å². The molecule has 1 aromatic carbocycles. The molecule has 0 amide bonds. The second kappa shape index (κ2) is 5.43. The van der Waals surface area contributed by atoms with Crippen LogP contribution in [0, 0.1) is 0 Å². The van der Waals surface area contributed by atoms with Gasteiger partial charge in [-0.2, -0.15) is 0 Å². The first kappa shape index (κ1) is 13.6. The molecule has 2 rings (SSSR count). The molecule has 0 saturated heterocycles. The fourth-order valence-electron chi connectivity index (χ4n) is 1.55. The molecule has 0 aliphatic rings. The highest BCUT2D eigenvalue weighted by Crippen LogP contribution is 2.15. The maximum atomic E-state index is 11.1. The Bertz CT molecular complexity index is 647. The summed E-state index contributed by atoms with van der Waals surface area (Å²) < 4.78 is 27.5. The zero-order valence-electron chi connectivity index (χ0n) is 10.0. The second-order valence-electron chi connectivity index (χ2n) is 3.95. The number of rotatable bonds is 5. The van der Waals surface area contributed by atoms with Crippen LogP contribution in [0.3, 0.4) is 0 Å². The van der Waals surface area contributed by atoms with Crippen LogP contribution in [0.2, 0.25) is 0 Å². The Balaban J connectivity index is 2.00. The SMILES string of the molecule is NS(=O)(=O)c1ccc(NCc2ccc(CO)o2)cc1. The third-order valence-electron chi connectivity index (χ3n) is 2.52. The highest BCUT2D eigenvalue weighted by Gasteiger charge is 2.06. The lowest BCUT2D eigenvalue weighted by Crippen LogP contribution is -2.11. The number of sulfonamides is 1. The molecular weight excluding hydrogens is 268 g/mol. The summed E-state index contributed by atoms with van der Waals surface area (Å²) >= 11 is 0. The molecule has 0 spiro atoms. The van der Waals surface area contributed by atoms with Crippen molar-refractivity contribution in [3.63, 3.8) is 0 Å². The smallest absolute Gasteiger partial charge is 0.238 e. The summed E-state index contributed by atoms with van der Waals surface area (Å²) in [6, 6.07) is 9.56. The molecule has 1 heterocycles. The van der Waals surface area contributed by atoms with Gasteiger partial charge in [0.25, 0.3) is 0 Å². The van der Waals surface area contributed by atoms with E-state index in [1.54, 1.807) is 24.3 Å². The summed E-state index contributed by atoms with van der Waals surface area (Å²) in [7, 11) is -3.66. The molecule has 102 valence electrons. The highest BCUT2D eigenvalue weighted by atomic mass is 32.2. The molecular formula is C12H14N2O4S. The van der Waals surface area contributed by atoms with E-state index in [9.17, 15) is 8.42 Å². The molecule has 6 nitrogen and oxygen atoms in total. The molecule has 4 N–H and O–H groups in total. The fourth-order valence-corrected chi connectivity index (χ4v) is 2.07. The van der Waals surface area contributed by atoms with Gasteiger partial charge in [0, 0.05) is 5.69 Å². The lowest BCUT2D eigenvalue weighted by molar-refractivity contribution is 0.244. The van der Waals surface area contributed by atoms with Gasteiger partial charge in [0.05, 0.1) is 11.4 Å². The molecule has 0 fully saturated rings. The standard InChI is InChI=1S/C12H14N2O4S/c13-19(16,17)12-5-1-9(2-6-12)14-7-10-3-4-11(8-15)18-10/h1-6,14-15H,7-8H2,(H2,13,16,17). The van der Waals surface area contributed by atoms with E-state index in [2.05, 4.69) is 5.32 Å². The first-order valence-corrected chi connectivity index (χ1v) is 7.09. The lowest BCUT2D eigenvalue weighted by atomic mass is 10.3. The fraction of sp³-hybridized carbons (Fsp3) is 0.167. The van der Waals surface area contributed by atoms with E-state index in [0.29, 0.717) is 18.1 Å². The minimum Gasteiger partial charge on any atom is -0.462 e. The van der Waals surface area contributed by atoms with Crippen LogP contribution < -0.4 is 10.5 Å². The predicted molar refractivity (Wildman–Crippen MR) is 69.8 cm³/mol. The lowest BCUT2D eigenvalue weighted by Gasteiger charge is -2.05. The molecule has 0 aliphatic carbocycles. The molecule has 2 aromatic rings. The molecule has 1 aromatic heterocycles. The summed E-state index contributed by atoms with van der Waals surface area (Å²) in [5.41, 5.74) is 0.745. The number of hydrogen-bond donors (Lipinski definition) is 3. The van der Waals surface area contributed by atoms with E-state index in [-0.39, 0.29) is 11.5 Å². The van der Waals surface area contributed by atoms with Crippen molar-refractivity contribution in [1.82, 2.24) is 0 Å². The number of primary sulfonamides is 1. The first-order valence-electron chi connectivity index (χ1n) is 5.54. The van der Waals surface area contributed by atoms with Gasteiger partial charge in [0.2, 0.25) is 10.0 Å². The average Bonchev–Trinajstić information content (AvgIpc) is 2.84. The molecule has 19 heavy (non-hydrogen) atoms. The number of anilines is 1. The minimum atomic E-state index is -3.66. The quantitative estimate of drug-likeness (QED) is 0.759. The number of benzene rings is 1. The Morgan fingerprint density at radius 1 is 1.11 bits per heavy atom. The van der Waals surface area contributed by atoms with Crippen LogP contribution in [-0.2, 0) is 23.2 Å². The van der Waals surface area contributed by atoms with Crippen molar-refractivity contribution in [2.24, 2.45) is 5.14 Å². The number of furan rings is 1. The van der Waals surface area contributed by atoms with Crippen LogP contribution in [0.25, 0.3) is 0 Å². The summed E-state index contributed by atoms with van der Waals surface area (Å²) in [5.74, 6) is 1.18. The van der Waals surface area contributed by atoms with Crippen LogP contribution in [0.5, 0.6) is 0 Å². The Labute approximate surface area is 110 Å². The van der Waals surface area contributed by atoms with Gasteiger partial charge >= 0.3 is 0 Å². The van der Waals surface area contributed by atoms with Gasteiger partial charge in [-0.25, -0.2) is 13.6 Å². The van der Waals surface area contributed by atoms with Crippen LogP contribution in [-0.4, -0.2) is 13.5 Å². The van der Waals surface area contributed by atoms with Crippen molar-refractivity contribution in [2.45, 2.75) is 18.0 Å². The van der Waals surface area contributed by atoms with E-state index in [0.717, 1.165) is 5.69 Å². The van der Waals surface area contributed by atoms with E-state index < -0.39 is 10.0 Å². The van der Waals surface area contributed by atoms with Gasteiger partial charge in [0.1, 0.15) is 18.1 Å². The average molecular weight is 282 g/mol. The van der Waals surface area contributed by atoms with Crippen LogP contribution in [0.1, 0.15) is 11.5 Å². The van der Waals surface area contributed by atoms with Gasteiger partial charge in [0.15, 0.2) is 0 Å². The van der Waals surface area contributed by atoms with Gasteiger partial charge in [-0.15, -0.1) is 0 Å². The molecule has 0 bridgehead atoms. The van der Waals surface area contributed by atoms with E-state index in [4.69, 9.17) is 14.7 Å². The van der Waals surface area contributed by atoms with E-state index in [1.165, 1.54) is 12.1 Å². The van der Waals surface area contributed by atoms with Crippen LogP contribution in [0.15, 0.2) is 45.7 Å². The van der Waals surface area contributed by atoms with Crippen molar-refractivity contribution in [1.29, 1.82) is 0 Å². The Hall–Kier alpha value is -1.83. The Morgan fingerprint density at radius 2 is 1.74 bits per heavy atom. The molecule has 0 unspecified atom stereocenters. The molecule has 0 saturated carbocycles. The number of hydrogen-bond acceptors (Lipinski definition) is 5. The Kier molecular flexibility index (Phi) is 3.89. The number of nitrogens with two attached hydrogens (primary N) is 1. The Morgan fingerprint density at radius 3 is 2.26 bits per heavy atom. The largest absolute Gasteiger partial charge is 0.462 e. The van der Waals surface area contributed by atoms with Crippen LogP contribution in [0.4, 0.5) is 5.69 Å².